The van der Waals surface area contributed by atoms with E-state index in [9.17, 15) is 9.59 Å². The first-order valence-corrected chi connectivity index (χ1v) is 7.22. The molecule has 21 heavy (non-hydrogen) atoms. The lowest BCUT2D eigenvalue weighted by Gasteiger charge is -2.39. The van der Waals surface area contributed by atoms with Crippen LogP contribution in [0.5, 0.6) is 0 Å². The molecule has 0 aromatic rings. The molecule has 1 aliphatic rings. The second kappa shape index (κ2) is 9.33. The van der Waals surface area contributed by atoms with Crippen molar-refractivity contribution in [3.63, 3.8) is 0 Å². The van der Waals surface area contributed by atoms with Gasteiger partial charge in [-0.2, -0.15) is 0 Å². The molecule has 2 amide bonds. The molecule has 7 heteroatoms. The largest absolute Gasteiger partial charge is 0.481 e. The number of piperazine rings is 1. The molecule has 1 fully saturated rings. The molecule has 1 saturated heterocycles. The minimum absolute atomic E-state index is 0.00310. The standard InChI is InChI=1S/C12H23N3O2.C2H4O2/c1-4-8(2)10-11(16)14-9(6-5-7-13)12(17)15(10)3;1-2(3)4/h8-10H,4-7,13H2,1-3H3,(H,14,16);1H3,(H,3,4)/t8-,9+,10-;/m1./s1. The fourth-order valence-electron chi connectivity index (χ4n) is 2.26. The van der Waals surface area contributed by atoms with E-state index in [1.54, 1.807) is 11.9 Å². The topological polar surface area (TPSA) is 113 Å². The number of nitrogens with one attached hydrogen (secondary N) is 1. The molecule has 0 bridgehead atoms. The van der Waals surface area contributed by atoms with Crippen LogP contribution in [0.1, 0.15) is 40.0 Å². The number of rotatable bonds is 5. The molecular weight excluding hydrogens is 274 g/mol. The number of carboxylic acid groups (broad SMARTS) is 1. The van der Waals surface area contributed by atoms with Crippen LogP contribution in [0.2, 0.25) is 0 Å². The summed E-state index contributed by atoms with van der Waals surface area (Å²) in [7, 11) is 1.72. The lowest BCUT2D eigenvalue weighted by atomic mass is 9.93. The number of hydrogen-bond donors (Lipinski definition) is 3. The number of nitrogens with zero attached hydrogens (tertiary/aromatic N) is 1. The Morgan fingerprint density at radius 3 is 2.43 bits per heavy atom. The molecule has 4 N–H and O–H groups in total. The van der Waals surface area contributed by atoms with Crippen LogP contribution in [-0.2, 0) is 14.4 Å². The van der Waals surface area contributed by atoms with E-state index in [0.717, 1.165) is 19.8 Å². The highest BCUT2D eigenvalue weighted by Crippen LogP contribution is 2.19. The average Bonchev–Trinajstić information content (AvgIpc) is 2.40. The zero-order chi connectivity index (χ0) is 16.6. The Balaban J connectivity index is 0.000000885. The highest BCUT2D eigenvalue weighted by atomic mass is 16.4. The third-order valence-corrected chi connectivity index (χ3v) is 3.53. The van der Waals surface area contributed by atoms with E-state index in [4.69, 9.17) is 15.6 Å². The Labute approximate surface area is 125 Å². The van der Waals surface area contributed by atoms with Crippen molar-refractivity contribution in [3.05, 3.63) is 0 Å². The summed E-state index contributed by atoms with van der Waals surface area (Å²) in [5.41, 5.74) is 5.42. The average molecular weight is 301 g/mol. The number of likely N-dealkylation sites (N-methyl/N-ethyl adjacent to an activating group) is 1. The van der Waals surface area contributed by atoms with Crippen LogP contribution in [0.3, 0.4) is 0 Å². The van der Waals surface area contributed by atoms with Crippen LogP contribution < -0.4 is 11.1 Å². The summed E-state index contributed by atoms with van der Waals surface area (Å²) < 4.78 is 0. The van der Waals surface area contributed by atoms with E-state index in [1.165, 1.54) is 0 Å². The molecule has 1 heterocycles. The number of carboxylic acids is 1. The third kappa shape index (κ3) is 6.12. The lowest BCUT2D eigenvalue weighted by molar-refractivity contribution is -0.149. The molecule has 0 radical (unpaired) electrons. The third-order valence-electron chi connectivity index (χ3n) is 3.53. The van der Waals surface area contributed by atoms with Gasteiger partial charge in [-0.25, -0.2) is 0 Å². The number of nitrogens with two attached hydrogens (primary N) is 1. The predicted octanol–water partition coefficient (Wildman–Crippen LogP) is 0.188. The molecule has 1 rings (SSSR count). The summed E-state index contributed by atoms with van der Waals surface area (Å²) in [6, 6.07) is -0.724. The Kier molecular flexibility index (Phi) is 8.61. The van der Waals surface area contributed by atoms with Crippen molar-refractivity contribution < 1.29 is 19.5 Å². The SMILES string of the molecule is CC(=O)O.CC[C@@H](C)[C@@H]1C(=O)N[C@@H](CCCN)C(=O)N1C. The molecule has 3 atom stereocenters. The fourth-order valence-corrected chi connectivity index (χ4v) is 2.26. The molecule has 0 saturated carbocycles. The van der Waals surface area contributed by atoms with Gasteiger partial charge in [0.25, 0.3) is 5.97 Å². The maximum Gasteiger partial charge on any atom is 0.300 e. The first kappa shape index (κ1) is 19.4. The minimum Gasteiger partial charge on any atom is -0.481 e. The Morgan fingerprint density at radius 2 is 2.00 bits per heavy atom. The van der Waals surface area contributed by atoms with Crippen LogP contribution >= 0.6 is 0 Å². The summed E-state index contributed by atoms with van der Waals surface area (Å²) in [6.07, 6.45) is 2.25. The zero-order valence-electron chi connectivity index (χ0n) is 13.3. The summed E-state index contributed by atoms with van der Waals surface area (Å²) in [4.78, 5) is 34.7. The molecule has 122 valence electrons. The van der Waals surface area contributed by atoms with Crippen molar-refractivity contribution in [1.29, 1.82) is 0 Å². The highest BCUT2D eigenvalue weighted by molar-refractivity contribution is 5.96. The first-order chi connectivity index (χ1) is 9.76. The predicted molar refractivity (Wildman–Crippen MR) is 79.5 cm³/mol. The fraction of sp³-hybridized carbons (Fsp3) is 0.786. The van der Waals surface area contributed by atoms with Gasteiger partial charge in [-0.1, -0.05) is 20.3 Å². The summed E-state index contributed by atoms with van der Waals surface area (Å²) >= 11 is 0. The second-order valence-electron chi connectivity index (χ2n) is 5.29. The van der Waals surface area contributed by atoms with Gasteiger partial charge in [0.1, 0.15) is 12.1 Å². The van der Waals surface area contributed by atoms with Crippen molar-refractivity contribution in [2.75, 3.05) is 13.6 Å². The molecule has 0 aromatic carbocycles. The Morgan fingerprint density at radius 1 is 1.48 bits per heavy atom. The van der Waals surface area contributed by atoms with Gasteiger partial charge in [0.05, 0.1) is 0 Å². The van der Waals surface area contributed by atoms with Gasteiger partial charge in [-0.15, -0.1) is 0 Å². The normalized spacial score (nSPS) is 23.0. The maximum absolute atomic E-state index is 12.1. The van der Waals surface area contributed by atoms with Crippen molar-refractivity contribution in [2.45, 2.75) is 52.1 Å². The van der Waals surface area contributed by atoms with Crippen molar-refractivity contribution >= 4 is 17.8 Å². The van der Waals surface area contributed by atoms with Crippen molar-refractivity contribution in [3.8, 4) is 0 Å². The lowest BCUT2D eigenvalue weighted by Crippen LogP contribution is -2.63. The quantitative estimate of drug-likeness (QED) is 0.671. The van der Waals surface area contributed by atoms with Crippen molar-refractivity contribution in [2.24, 2.45) is 11.7 Å². The molecule has 1 aliphatic heterocycles. The second-order valence-corrected chi connectivity index (χ2v) is 5.29. The first-order valence-electron chi connectivity index (χ1n) is 7.22. The molecule has 0 aliphatic carbocycles. The maximum atomic E-state index is 12.1. The number of carbonyl (C=O) groups excluding carboxylic acids is 2. The van der Waals surface area contributed by atoms with Crippen LogP contribution in [-0.4, -0.2) is 53.5 Å². The van der Waals surface area contributed by atoms with Gasteiger partial charge in [0, 0.05) is 14.0 Å². The van der Waals surface area contributed by atoms with Gasteiger partial charge in [0.15, 0.2) is 0 Å². The molecule has 0 aromatic heterocycles. The van der Waals surface area contributed by atoms with E-state index in [-0.39, 0.29) is 23.8 Å². The van der Waals surface area contributed by atoms with E-state index in [1.807, 2.05) is 13.8 Å². The molecule has 0 unspecified atom stereocenters. The van der Waals surface area contributed by atoms with Gasteiger partial charge < -0.3 is 21.1 Å². The van der Waals surface area contributed by atoms with E-state index in [2.05, 4.69) is 5.32 Å². The van der Waals surface area contributed by atoms with Crippen molar-refractivity contribution in [1.82, 2.24) is 10.2 Å². The monoisotopic (exact) mass is 301 g/mol. The van der Waals surface area contributed by atoms with Gasteiger partial charge in [-0.05, 0) is 25.3 Å². The highest BCUT2D eigenvalue weighted by Gasteiger charge is 2.40. The van der Waals surface area contributed by atoms with E-state index < -0.39 is 12.0 Å². The van der Waals surface area contributed by atoms with Gasteiger partial charge in [0.2, 0.25) is 11.8 Å². The van der Waals surface area contributed by atoms with E-state index >= 15 is 0 Å². The Bertz CT molecular complexity index is 369. The summed E-state index contributed by atoms with van der Waals surface area (Å²) in [5, 5.41) is 10.2. The van der Waals surface area contributed by atoms with Crippen LogP contribution in [0, 0.1) is 5.92 Å². The zero-order valence-corrected chi connectivity index (χ0v) is 13.3. The van der Waals surface area contributed by atoms with Crippen LogP contribution in [0.4, 0.5) is 0 Å². The van der Waals surface area contributed by atoms with Gasteiger partial charge in [-0.3, -0.25) is 14.4 Å². The van der Waals surface area contributed by atoms with Gasteiger partial charge >= 0.3 is 0 Å². The van der Waals surface area contributed by atoms with E-state index in [0.29, 0.717) is 13.0 Å². The minimum atomic E-state index is -0.833. The smallest absolute Gasteiger partial charge is 0.300 e. The van der Waals surface area contributed by atoms with Crippen LogP contribution in [0.25, 0.3) is 0 Å². The number of carbonyl (C=O) groups is 3. The summed E-state index contributed by atoms with van der Waals surface area (Å²) in [5.74, 6) is -0.689. The number of hydrogen-bond acceptors (Lipinski definition) is 4. The van der Waals surface area contributed by atoms with Crippen LogP contribution in [0.15, 0.2) is 0 Å². The Hall–Kier alpha value is -1.63. The summed E-state index contributed by atoms with van der Waals surface area (Å²) in [6.45, 7) is 5.64. The molecule has 7 nitrogen and oxygen atoms in total. The molecule has 0 spiro atoms. The molecular formula is C14H27N3O4. The number of aliphatic carboxylic acids is 1. The number of amides is 2.